The van der Waals surface area contributed by atoms with E-state index >= 15 is 0 Å². The predicted molar refractivity (Wildman–Crippen MR) is 80.3 cm³/mol. The first-order valence-electron chi connectivity index (χ1n) is 7.05. The van der Waals surface area contributed by atoms with E-state index in [0.29, 0.717) is 17.4 Å². The van der Waals surface area contributed by atoms with E-state index < -0.39 is 0 Å². The lowest BCUT2D eigenvalue weighted by Gasteiger charge is -2.09. The van der Waals surface area contributed by atoms with Gasteiger partial charge in [-0.05, 0) is 30.5 Å². The van der Waals surface area contributed by atoms with Gasteiger partial charge in [-0.25, -0.2) is 4.98 Å². The van der Waals surface area contributed by atoms with Gasteiger partial charge >= 0.3 is 0 Å². The number of fused-ring (bicyclic) bond motifs is 1. The molecule has 1 heterocycles. The third kappa shape index (κ3) is 3.49. The predicted octanol–water partition coefficient (Wildman–Crippen LogP) is 2.17. The summed E-state index contributed by atoms with van der Waals surface area (Å²) in [5.74, 6) is 1.23. The fourth-order valence-corrected chi connectivity index (χ4v) is 2.21. The first-order chi connectivity index (χ1) is 9.61. The molecule has 3 N–H and O–H groups in total. The molecule has 0 atom stereocenters. The molecule has 0 radical (unpaired) electrons. The third-order valence-corrected chi connectivity index (χ3v) is 3.11. The Balaban J connectivity index is 2.04. The van der Waals surface area contributed by atoms with E-state index in [0.717, 1.165) is 37.2 Å². The summed E-state index contributed by atoms with van der Waals surface area (Å²) in [6, 6.07) is 5.64. The molecule has 0 spiro atoms. The molecule has 0 bridgehead atoms. The van der Waals surface area contributed by atoms with Crippen molar-refractivity contribution in [3.05, 3.63) is 24.0 Å². The molecule has 1 aromatic carbocycles. The second-order valence-corrected chi connectivity index (χ2v) is 5.41. The van der Waals surface area contributed by atoms with E-state index in [1.807, 2.05) is 22.8 Å². The topological polar surface area (TPSA) is 73.3 Å². The molecular weight excluding hydrogens is 254 g/mol. The van der Waals surface area contributed by atoms with Crippen molar-refractivity contribution in [2.45, 2.75) is 33.4 Å². The summed E-state index contributed by atoms with van der Waals surface area (Å²) < 4.78 is 7.62. The van der Waals surface area contributed by atoms with Crippen LogP contribution in [0.1, 0.15) is 26.1 Å². The summed E-state index contributed by atoms with van der Waals surface area (Å²) in [7, 11) is 0. The number of aromatic nitrogens is 2. The summed E-state index contributed by atoms with van der Waals surface area (Å²) in [5.41, 5.74) is 8.29. The first-order valence-corrected chi connectivity index (χ1v) is 7.05. The molecule has 0 unspecified atom stereocenters. The van der Waals surface area contributed by atoms with Gasteiger partial charge in [-0.15, -0.1) is 0 Å². The molecule has 0 aliphatic rings. The number of nitrogen functional groups attached to an aromatic ring is 1. The summed E-state index contributed by atoms with van der Waals surface area (Å²) in [6.07, 6.45) is 0.898. The minimum absolute atomic E-state index is 0.0680. The maximum atomic E-state index is 9.42. The Kier molecular flexibility index (Phi) is 4.98. The molecular formula is C15H23N3O2. The first kappa shape index (κ1) is 14.8. The zero-order chi connectivity index (χ0) is 14.5. The van der Waals surface area contributed by atoms with Crippen LogP contribution in [0.4, 0.5) is 5.69 Å². The number of imidazole rings is 1. The Hall–Kier alpha value is -1.59. The second kappa shape index (κ2) is 6.72. The van der Waals surface area contributed by atoms with E-state index in [1.165, 1.54) is 0 Å². The smallest absolute Gasteiger partial charge is 0.135 e. The van der Waals surface area contributed by atoms with Crippen molar-refractivity contribution < 1.29 is 9.84 Å². The number of aliphatic hydroxyl groups excluding tert-OH is 1. The molecule has 110 valence electrons. The van der Waals surface area contributed by atoms with Gasteiger partial charge in [0, 0.05) is 25.4 Å². The Morgan fingerprint density at radius 1 is 1.40 bits per heavy atom. The normalized spacial score (nSPS) is 11.6. The zero-order valence-electron chi connectivity index (χ0n) is 12.2. The number of anilines is 1. The minimum atomic E-state index is -0.0680. The number of nitrogens with zero attached hydrogens (tertiary/aromatic N) is 2. The van der Waals surface area contributed by atoms with E-state index in [1.54, 1.807) is 0 Å². The molecule has 0 fully saturated rings. The number of aryl methyl sites for hydroxylation is 1. The lowest BCUT2D eigenvalue weighted by molar-refractivity contribution is 0.105. The second-order valence-electron chi connectivity index (χ2n) is 5.41. The van der Waals surface area contributed by atoms with Crippen LogP contribution in [-0.2, 0) is 17.9 Å². The Morgan fingerprint density at radius 3 is 2.90 bits per heavy atom. The monoisotopic (exact) mass is 277 g/mol. The van der Waals surface area contributed by atoms with Crippen molar-refractivity contribution in [2.24, 2.45) is 5.92 Å². The van der Waals surface area contributed by atoms with Gasteiger partial charge in [-0.3, -0.25) is 0 Å². The van der Waals surface area contributed by atoms with Gasteiger partial charge in [-0.1, -0.05) is 13.8 Å². The number of aliphatic hydroxyl groups is 1. The molecule has 0 saturated heterocycles. The van der Waals surface area contributed by atoms with E-state index in [4.69, 9.17) is 10.5 Å². The van der Waals surface area contributed by atoms with Crippen molar-refractivity contribution in [1.82, 2.24) is 9.55 Å². The van der Waals surface area contributed by atoms with E-state index in [9.17, 15) is 5.11 Å². The number of hydrogen-bond acceptors (Lipinski definition) is 4. The lowest BCUT2D eigenvalue weighted by atomic mass is 10.2. The molecule has 0 aliphatic carbocycles. The van der Waals surface area contributed by atoms with Crippen molar-refractivity contribution in [2.75, 3.05) is 18.9 Å². The van der Waals surface area contributed by atoms with Crippen molar-refractivity contribution in [3.8, 4) is 0 Å². The average Bonchev–Trinajstić information content (AvgIpc) is 2.75. The van der Waals surface area contributed by atoms with Crippen LogP contribution in [0.2, 0.25) is 0 Å². The fourth-order valence-electron chi connectivity index (χ4n) is 2.21. The van der Waals surface area contributed by atoms with Gasteiger partial charge in [-0.2, -0.15) is 0 Å². The van der Waals surface area contributed by atoms with Crippen molar-refractivity contribution in [1.29, 1.82) is 0 Å². The highest BCUT2D eigenvalue weighted by molar-refractivity contribution is 5.79. The summed E-state index contributed by atoms with van der Waals surface area (Å²) in [5, 5.41) is 9.42. The molecule has 0 amide bonds. The van der Waals surface area contributed by atoms with Crippen molar-refractivity contribution >= 4 is 16.7 Å². The van der Waals surface area contributed by atoms with Crippen LogP contribution < -0.4 is 5.73 Å². The SMILES string of the molecule is CC(C)COCCCn1c(CO)nc2cc(N)ccc21. The average molecular weight is 277 g/mol. The molecule has 2 aromatic rings. The van der Waals surface area contributed by atoms with Crippen LogP contribution >= 0.6 is 0 Å². The van der Waals surface area contributed by atoms with Gasteiger partial charge in [0.1, 0.15) is 12.4 Å². The summed E-state index contributed by atoms with van der Waals surface area (Å²) >= 11 is 0. The molecule has 2 rings (SSSR count). The van der Waals surface area contributed by atoms with Crippen LogP contribution in [0.3, 0.4) is 0 Å². The number of benzene rings is 1. The lowest BCUT2D eigenvalue weighted by Crippen LogP contribution is -2.08. The highest BCUT2D eigenvalue weighted by Gasteiger charge is 2.09. The molecule has 0 saturated carbocycles. The standard InChI is InChI=1S/C15H23N3O2/c1-11(2)10-20-7-3-6-18-14-5-4-12(16)8-13(14)17-15(18)9-19/h4-5,8,11,19H,3,6-7,9-10,16H2,1-2H3. The Labute approximate surface area is 119 Å². The number of hydrogen-bond donors (Lipinski definition) is 2. The molecule has 5 heteroatoms. The summed E-state index contributed by atoms with van der Waals surface area (Å²) in [6.45, 7) is 6.50. The number of rotatable bonds is 7. The van der Waals surface area contributed by atoms with Crippen molar-refractivity contribution in [3.63, 3.8) is 0 Å². The quantitative estimate of drug-likeness (QED) is 0.601. The minimum Gasteiger partial charge on any atom is -0.399 e. The largest absolute Gasteiger partial charge is 0.399 e. The molecule has 0 aliphatic heterocycles. The maximum absolute atomic E-state index is 9.42. The molecule has 5 nitrogen and oxygen atoms in total. The Morgan fingerprint density at radius 2 is 2.20 bits per heavy atom. The van der Waals surface area contributed by atoms with Crippen LogP contribution in [0.25, 0.3) is 11.0 Å². The number of nitrogens with two attached hydrogens (primary N) is 1. The van der Waals surface area contributed by atoms with Gasteiger partial charge in [0.25, 0.3) is 0 Å². The van der Waals surface area contributed by atoms with Gasteiger partial charge in [0.05, 0.1) is 11.0 Å². The van der Waals surface area contributed by atoms with E-state index in [-0.39, 0.29) is 6.61 Å². The van der Waals surface area contributed by atoms with Crippen LogP contribution in [0, 0.1) is 5.92 Å². The van der Waals surface area contributed by atoms with Gasteiger partial charge in [0.2, 0.25) is 0 Å². The highest BCUT2D eigenvalue weighted by atomic mass is 16.5. The van der Waals surface area contributed by atoms with Crippen LogP contribution in [-0.4, -0.2) is 27.9 Å². The Bertz CT molecular complexity index is 563. The molecule has 1 aromatic heterocycles. The number of ether oxygens (including phenoxy) is 1. The fraction of sp³-hybridized carbons (Fsp3) is 0.533. The van der Waals surface area contributed by atoms with Crippen LogP contribution in [0.15, 0.2) is 18.2 Å². The van der Waals surface area contributed by atoms with Gasteiger partial charge in [0.15, 0.2) is 0 Å². The zero-order valence-corrected chi connectivity index (χ0v) is 12.2. The third-order valence-electron chi connectivity index (χ3n) is 3.11. The maximum Gasteiger partial charge on any atom is 0.135 e. The highest BCUT2D eigenvalue weighted by Crippen LogP contribution is 2.19. The molecule has 20 heavy (non-hydrogen) atoms. The van der Waals surface area contributed by atoms with Gasteiger partial charge < -0.3 is 20.1 Å². The van der Waals surface area contributed by atoms with Crippen LogP contribution in [0.5, 0.6) is 0 Å². The van der Waals surface area contributed by atoms with E-state index in [2.05, 4.69) is 18.8 Å². The summed E-state index contributed by atoms with van der Waals surface area (Å²) in [4.78, 5) is 4.41.